The van der Waals surface area contributed by atoms with E-state index in [9.17, 15) is 0 Å². The van der Waals surface area contributed by atoms with Gasteiger partial charge in [-0.25, -0.2) is 0 Å². The van der Waals surface area contributed by atoms with Gasteiger partial charge in [-0.15, -0.1) is 0 Å². The summed E-state index contributed by atoms with van der Waals surface area (Å²) in [7, 11) is 1.87. The van der Waals surface area contributed by atoms with E-state index < -0.39 is 0 Å². The summed E-state index contributed by atoms with van der Waals surface area (Å²) >= 11 is 0. The van der Waals surface area contributed by atoms with E-state index in [4.69, 9.17) is 4.74 Å². The summed E-state index contributed by atoms with van der Waals surface area (Å²) in [6.45, 7) is 3.45. The molecule has 2 atom stereocenters. The first-order valence-corrected chi connectivity index (χ1v) is 8.14. The van der Waals surface area contributed by atoms with Crippen LogP contribution in [0.2, 0.25) is 0 Å². The zero-order valence-electron chi connectivity index (χ0n) is 12.5. The molecule has 108 valence electrons. The third-order valence-corrected chi connectivity index (χ3v) is 4.19. The lowest BCUT2D eigenvalue weighted by molar-refractivity contribution is 0.0631. The first-order valence-electron chi connectivity index (χ1n) is 8.14. The van der Waals surface area contributed by atoms with E-state index in [1.165, 1.54) is 77.2 Å². The van der Waals surface area contributed by atoms with Gasteiger partial charge in [0.2, 0.25) is 0 Å². The monoisotopic (exact) mass is 255 g/mol. The summed E-state index contributed by atoms with van der Waals surface area (Å²) in [5.74, 6) is 0. The molecule has 1 aliphatic carbocycles. The molecule has 0 aromatic carbocycles. The maximum absolute atomic E-state index is 5.63. The normalized spacial score (nSPS) is 25.0. The maximum Gasteiger partial charge on any atom is 0.0724 e. The molecule has 0 radical (unpaired) electrons. The number of hydrogen-bond acceptors (Lipinski definition) is 2. The van der Waals surface area contributed by atoms with E-state index in [1.807, 2.05) is 7.11 Å². The van der Waals surface area contributed by atoms with Crippen molar-refractivity contribution in [1.82, 2.24) is 5.32 Å². The topological polar surface area (TPSA) is 21.3 Å². The number of rotatable bonds is 9. The summed E-state index contributed by atoms with van der Waals surface area (Å²) < 4.78 is 5.63. The van der Waals surface area contributed by atoms with Crippen molar-refractivity contribution in [1.29, 1.82) is 0 Å². The van der Waals surface area contributed by atoms with Crippen molar-refractivity contribution in [2.24, 2.45) is 0 Å². The van der Waals surface area contributed by atoms with Crippen LogP contribution in [0.3, 0.4) is 0 Å². The number of nitrogens with one attached hydrogen (secondary N) is 1. The van der Waals surface area contributed by atoms with Crippen LogP contribution in [-0.2, 0) is 4.74 Å². The molecule has 0 aromatic rings. The van der Waals surface area contributed by atoms with Gasteiger partial charge in [-0.05, 0) is 25.8 Å². The smallest absolute Gasteiger partial charge is 0.0724 e. The molecule has 0 aliphatic heterocycles. The highest BCUT2D eigenvalue weighted by atomic mass is 16.5. The first kappa shape index (κ1) is 16.0. The minimum absolute atomic E-state index is 0.451. The molecular formula is C16H33NO. The van der Waals surface area contributed by atoms with Gasteiger partial charge < -0.3 is 10.1 Å². The minimum Gasteiger partial charge on any atom is -0.380 e. The average Bonchev–Trinajstić information content (AvgIpc) is 2.62. The van der Waals surface area contributed by atoms with Crippen LogP contribution >= 0.6 is 0 Å². The van der Waals surface area contributed by atoms with E-state index >= 15 is 0 Å². The second-order valence-corrected chi connectivity index (χ2v) is 5.74. The highest BCUT2D eigenvalue weighted by Gasteiger charge is 2.22. The van der Waals surface area contributed by atoms with Crippen molar-refractivity contribution >= 4 is 0 Å². The summed E-state index contributed by atoms with van der Waals surface area (Å²) in [5.41, 5.74) is 0. The zero-order chi connectivity index (χ0) is 13.1. The Bertz CT molecular complexity index is 184. The third kappa shape index (κ3) is 6.75. The molecule has 2 heteroatoms. The van der Waals surface area contributed by atoms with Gasteiger partial charge in [0.05, 0.1) is 6.10 Å². The van der Waals surface area contributed by atoms with Crippen molar-refractivity contribution in [2.45, 2.75) is 89.7 Å². The standard InChI is InChI=1S/C16H33NO/c1-3-4-5-6-7-11-14-17-15-12-9-8-10-13-16(15)18-2/h15-17H,3-14H2,1-2H3/t15-,16-/m1/s1. The van der Waals surface area contributed by atoms with Gasteiger partial charge in [-0.3, -0.25) is 0 Å². The summed E-state index contributed by atoms with van der Waals surface area (Å²) in [5, 5.41) is 3.73. The average molecular weight is 255 g/mol. The molecule has 0 saturated heterocycles. The van der Waals surface area contributed by atoms with Gasteiger partial charge in [0, 0.05) is 13.2 Å². The largest absolute Gasteiger partial charge is 0.380 e. The maximum atomic E-state index is 5.63. The zero-order valence-corrected chi connectivity index (χ0v) is 12.5. The lowest BCUT2D eigenvalue weighted by Gasteiger charge is -2.25. The minimum atomic E-state index is 0.451. The van der Waals surface area contributed by atoms with Crippen molar-refractivity contribution < 1.29 is 4.74 Å². The molecule has 0 bridgehead atoms. The van der Waals surface area contributed by atoms with E-state index in [-0.39, 0.29) is 0 Å². The van der Waals surface area contributed by atoms with Crippen LogP contribution in [0.15, 0.2) is 0 Å². The SMILES string of the molecule is CCCCCCCCN[C@@H]1CCCCC[C@H]1OC. The van der Waals surface area contributed by atoms with Crippen molar-refractivity contribution in [3.05, 3.63) is 0 Å². The molecule has 1 aliphatic rings. The van der Waals surface area contributed by atoms with Gasteiger partial charge in [-0.2, -0.15) is 0 Å². The molecule has 2 nitrogen and oxygen atoms in total. The Morgan fingerprint density at radius 1 is 0.944 bits per heavy atom. The van der Waals surface area contributed by atoms with Crippen LogP contribution in [0.4, 0.5) is 0 Å². The number of unbranched alkanes of at least 4 members (excludes halogenated alkanes) is 5. The molecule has 0 unspecified atom stereocenters. The third-order valence-electron chi connectivity index (χ3n) is 4.19. The van der Waals surface area contributed by atoms with E-state index in [0.717, 1.165) is 0 Å². The van der Waals surface area contributed by atoms with Crippen molar-refractivity contribution in [3.63, 3.8) is 0 Å². The van der Waals surface area contributed by atoms with Crippen LogP contribution in [0.5, 0.6) is 0 Å². The van der Waals surface area contributed by atoms with Crippen molar-refractivity contribution in [2.75, 3.05) is 13.7 Å². The first-order chi connectivity index (χ1) is 8.88. The molecule has 1 N–H and O–H groups in total. The molecule has 0 amide bonds. The Kier molecular flexibility index (Phi) is 9.59. The second kappa shape index (κ2) is 10.8. The molecule has 1 fully saturated rings. The molecule has 0 aromatic heterocycles. The highest BCUT2D eigenvalue weighted by molar-refractivity contribution is 4.79. The predicted molar refractivity (Wildman–Crippen MR) is 79.0 cm³/mol. The molecule has 18 heavy (non-hydrogen) atoms. The van der Waals surface area contributed by atoms with Gasteiger partial charge in [0.25, 0.3) is 0 Å². The number of ether oxygens (including phenoxy) is 1. The number of hydrogen-bond donors (Lipinski definition) is 1. The molecule has 0 heterocycles. The van der Waals surface area contributed by atoms with E-state index in [0.29, 0.717) is 12.1 Å². The fourth-order valence-corrected chi connectivity index (χ4v) is 2.98. The molecule has 0 spiro atoms. The Hall–Kier alpha value is -0.0800. The van der Waals surface area contributed by atoms with Crippen LogP contribution in [0, 0.1) is 0 Å². The molecule has 1 saturated carbocycles. The van der Waals surface area contributed by atoms with Gasteiger partial charge in [0.1, 0.15) is 0 Å². The fraction of sp³-hybridized carbons (Fsp3) is 1.00. The summed E-state index contributed by atoms with van der Waals surface area (Å²) in [6.07, 6.45) is 15.4. The fourth-order valence-electron chi connectivity index (χ4n) is 2.98. The number of methoxy groups -OCH3 is 1. The van der Waals surface area contributed by atoms with Gasteiger partial charge in [0.15, 0.2) is 0 Å². The Balaban J connectivity index is 2.05. The van der Waals surface area contributed by atoms with Crippen molar-refractivity contribution in [3.8, 4) is 0 Å². The second-order valence-electron chi connectivity index (χ2n) is 5.74. The quantitative estimate of drug-likeness (QED) is 0.490. The Labute approximate surface area is 114 Å². The summed E-state index contributed by atoms with van der Waals surface area (Å²) in [6, 6.07) is 0.605. The van der Waals surface area contributed by atoms with Crippen LogP contribution in [0.1, 0.15) is 77.6 Å². The predicted octanol–water partition coefficient (Wildman–Crippen LogP) is 4.28. The summed E-state index contributed by atoms with van der Waals surface area (Å²) in [4.78, 5) is 0. The lowest BCUT2D eigenvalue weighted by atomic mass is 10.1. The van der Waals surface area contributed by atoms with Crippen LogP contribution < -0.4 is 5.32 Å². The molecule has 1 rings (SSSR count). The van der Waals surface area contributed by atoms with Gasteiger partial charge in [-0.1, -0.05) is 58.3 Å². The lowest BCUT2D eigenvalue weighted by Crippen LogP contribution is -2.40. The van der Waals surface area contributed by atoms with Crippen LogP contribution in [-0.4, -0.2) is 25.8 Å². The Morgan fingerprint density at radius 3 is 2.44 bits per heavy atom. The van der Waals surface area contributed by atoms with E-state index in [1.54, 1.807) is 0 Å². The Morgan fingerprint density at radius 2 is 1.67 bits per heavy atom. The van der Waals surface area contributed by atoms with Gasteiger partial charge >= 0.3 is 0 Å². The highest BCUT2D eigenvalue weighted by Crippen LogP contribution is 2.20. The van der Waals surface area contributed by atoms with E-state index in [2.05, 4.69) is 12.2 Å². The van der Waals surface area contributed by atoms with Crippen LogP contribution in [0.25, 0.3) is 0 Å². The molecular weight excluding hydrogens is 222 g/mol.